The maximum Gasteiger partial charge on any atom is 0.255 e. The maximum absolute atomic E-state index is 12.5. The van der Waals surface area contributed by atoms with Crippen LogP contribution in [0.5, 0.6) is 0 Å². The molecule has 18 heavy (non-hydrogen) atoms. The molecule has 4 nitrogen and oxygen atoms in total. The van der Waals surface area contributed by atoms with E-state index in [2.05, 4.69) is 16.8 Å². The van der Waals surface area contributed by atoms with Crippen LogP contribution in [0.3, 0.4) is 0 Å². The molecule has 0 aromatic rings. The van der Waals surface area contributed by atoms with Crippen LogP contribution in [0.1, 0.15) is 39.5 Å². The SMILES string of the molecule is CC.COC1(C(=O)N2CCN(C)CC23CC3)CC1. The number of carbonyl (C=O) groups excluding carboxylic acids is 1. The fourth-order valence-corrected chi connectivity index (χ4v) is 2.93. The van der Waals surface area contributed by atoms with Crippen LogP contribution in [0.2, 0.25) is 0 Å². The zero-order chi connectivity index (χ0) is 13.4. The van der Waals surface area contributed by atoms with E-state index in [1.807, 2.05) is 13.8 Å². The van der Waals surface area contributed by atoms with Crippen molar-refractivity contribution in [2.45, 2.75) is 50.7 Å². The van der Waals surface area contributed by atoms with Crippen molar-refractivity contribution < 1.29 is 9.53 Å². The highest BCUT2D eigenvalue weighted by molar-refractivity contribution is 5.89. The van der Waals surface area contributed by atoms with Gasteiger partial charge in [0, 0.05) is 26.7 Å². The highest BCUT2D eigenvalue weighted by Gasteiger charge is 2.60. The molecule has 0 unspecified atom stereocenters. The van der Waals surface area contributed by atoms with Crippen molar-refractivity contribution in [2.75, 3.05) is 33.8 Å². The van der Waals surface area contributed by atoms with Crippen LogP contribution >= 0.6 is 0 Å². The van der Waals surface area contributed by atoms with Crippen molar-refractivity contribution >= 4 is 5.91 Å². The van der Waals surface area contributed by atoms with E-state index in [1.54, 1.807) is 7.11 Å². The molecule has 0 atom stereocenters. The summed E-state index contributed by atoms with van der Waals surface area (Å²) in [4.78, 5) is 16.9. The quantitative estimate of drug-likeness (QED) is 0.748. The Bertz CT molecular complexity index is 322. The van der Waals surface area contributed by atoms with Crippen molar-refractivity contribution in [1.82, 2.24) is 9.80 Å². The Kier molecular flexibility index (Phi) is 3.70. The Morgan fingerprint density at radius 2 is 1.72 bits per heavy atom. The average molecular weight is 254 g/mol. The van der Waals surface area contributed by atoms with Crippen LogP contribution in [0, 0.1) is 0 Å². The smallest absolute Gasteiger partial charge is 0.255 e. The number of amides is 1. The number of likely N-dealkylation sites (N-methyl/N-ethyl adjacent to an activating group) is 1. The monoisotopic (exact) mass is 254 g/mol. The number of hydrogen-bond donors (Lipinski definition) is 0. The molecule has 2 saturated carbocycles. The first-order valence-corrected chi connectivity index (χ1v) is 7.18. The zero-order valence-corrected chi connectivity index (χ0v) is 12.2. The van der Waals surface area contributed by atoms with E-state index in [9.17, 15) is 4.79 Å². The fraction of sp³-hybridized carbons (Fsp3) is 0.929. The van der Waals surface area contributed by atoms with Gasteiger partial charge in [-0.15, -0.1) is 0 Å². The van der Waals surface area contributed by atoms with Crippen LogP contribution in [-0.4, -0.2) is 60.6 Å². The topological polar surface area (TPSA) is 32.8 Å². The van der Waals surface area contributed by atoms with E-state index in [4.69, 9.17) is 4.74 Å². The molecular formula is C14H26N2O2. The molecule has 1 saturated heterocycles. The Labute approximate surface area is 110 Å². The van der Waals surface area contributed by atoms with Gasteiger partial charge < -0.3 is 14.5 Å². The van der Waals surface area contributed by atoms with Crippen molar-refractivity contribution in [3.05, 3.63) is 0 Å². The van der Waals surface area contributed by atoms with Gasteiger partial charge in [-0.25, -0.2) is 0 Å². The van der Waals surface area contributed by atoms with Gasteiger partial charge in [-0.3, -0.25) is 4.79 Å². The number of carbonyl (C=O) groups is 1. The van der Waals surface area contributed by atoms with Gasteiger partial charge in [-0.1, -0.05) is 13.8 Å². The summed E-state index contributed by atoms with van der Waals surface area (Å²) < 4.78 is 5.41. The minimum Gasteiger partial charge on any atom is -0.368 e. The lowest BCUT2D eigenvalue weighted by atomic mass is 10.1. The first-order valence-electron chi connectivity index (χ1n) is 7.18. The molecule has 1 spiro atoms. The van der Waals surface area contributed by atoms with E-state index in [1.165, 1.54) is 12.8 Å². The van der Waals surface area contributed by atoms with Gasteiger partial charge in [-0.05, 0) is 32.7 Å². The van der Waals surface area contributed by atoms with Crippen LogP contribution in [0.25, 0.3) is 0 Å². The molecule has 104 valence electrons. The van der Waals surface area contributed by atoms with Gasteiger partial charge in [0.2, 0.25) is 0 Å². The Balaban J connectivity index is 0.000000574. The number of rotatable bonds is 2. The van der Waals surface area contributed by atoms with Crippen LogP contribution in [0.4, 0.5) is 0 Å². The van der Waals surface area contributed by atoms with Gasteiger partial charge in [0.05, 0.1) is 5.54 Å². The Hall–Kier alpha value is -0.610. The van der Waals surface area contributed by atoms with Crippen LogP contribution < -0.4 is 0 Å². The second-order valence-electron chi connectivity index (χ2n) is 5.62. The summed E-state index contributed by atoms with van der Waals surface area (Å²) in [6.45, 7) is 6.91. The molecule has 0 radical (unpaired) electrons. The second kappa shape index (κ2) is 4.82. The summed E-state index contributed by atoms with van der Waals surface area (Å²) in [5.74, 6) is 0.251. The molecule has 3 aliphatic rings. The molecule has 1 heterocycles. The zero-order valence-electron chi connectivity index (χ0n) is 12.2. The highest BCUT2D eigenvalue weighted by Crippen LogP contribution is 2.49. The normalized spacial score (nSPS) is 27.4. The average Bonchev–Trinajstić information content (AvgIpc) is 3.28. The van der Waals surface area contributed by atoms with Gasteiger partial charge in [0.1, 0.15) is 5.60 Å². The number of ether oxygens (including phenoxy) is 1. The first kappa shape index (κ1) is 13.8. The molecule has 2 aliphatic carbocycles. The van der Waals surface area contributed by atoms with E-state index >= 15 is 0 Å². The lowest BCUT2D eigenvalue weighted by Gasteiger charge is -2.42. The van der Waals surface area contributed by atoms with E-state index in [0.29, 0.717) is 0 Å². The Morgan fingerprint density at radius 1 is 1.11 bits per heavy atom. The third kappa shape index (κ3) is 2.16. The summed E-state index contributed by atoms with van der Waals surface area (Å²) in [5, 5.41) is 0. The maximum atomic E-state index is 12.5. The molecule has 0 N–H and O–H groups in total. The Morgan fingerprint density at radius 3 is 2.17 bits per heavy atom. The molecule has 0 aromatic heterocycles. The molecule has 1 amide bonds. The minimum absolute atomic E-state index is 0.165. The number of hydrogen-bond acceptors (Lipinski definition) is 3. The molecule has 1 aliphatic heterocycles. The predicted octanol–water partition coefficient (Wildman–Crippen LogP) is 1.50. The molecular weight excluding hydrogens is 228 g/mol. The lowest BCUT2D eigenvalue weighted by molar-refractivity contribution is -0.150. The van der Waals surface area contributed by atoms with E-state index in [0.717, 1.165) is 32.5 Å². The third-order valence-electron chi connectivity index (χ3n) is 4.40. The van der Waals surface area contributed by atoms with Gasteiger partial charge in [0.15, 0.2) is 0 Å². The summed E-state index contributed by atoms with van der Waals surface area (Å²) in [6, 6.07) is 0. The van der Waals surface area contributed by atoms with Crippen molar-refractivity contribution in [3.63, 3.8) is 0 Å². The summed E-state index contributed by atoms with van der Waals surface area (Å²) in [7, 11) is 3.81. The fourth-order valence-electron chi connectivity index (χ4n) is 2.93. The molecule has 3 rings (SSSR count). The van der Waals surface area contributed by atoms with Gasteiger partial charge in [0.25, 0.3) is 5.91 Å². The van der Waals surface area contributed by atoms with Crippen LogP contribution in [0.15, 0.2) is 0 Å². The number of nitrogens with zero attached hydrogens (tertiary/aromatic N) is 2. The van der Waals surface area contributed by atoms with E-state index < -0.39 is 5.60 Å². The molecule has 0 aromatic carbocycles. The van der Waals surface area contributed by atoms with Crippen molar-refractivity contribution in [2.24, 2.45) is 0 Å². The van der Waals surface area contributed by atoms with E-state index in [-0.39, 0.29) is 11.4 Å². The number of methoxy groups -OCH3 is 1. The lowest BCUT2D eigenvalue weighted by Crippen LogP contribution is -2.58. The largest absolute Gasteiger partial charge is 0.368 e. The molecule has 0 bridgehead atoms. The van der Waals surface area contributed by atoms with Crippen molar-refractivity contribution in [1.29, 1.82) is 0 Å². The highest BCUT2D eigenvalue weighted by atomic mass is 16.5. The van der Waals surface area contributed by atoms with Crippen LogP contribution in [-0.2, 0) is 9.53 Å². The second-order valence-corrected chi connectivity index (χ2v) is 5.62. The summed E-state index contributed by atoms with van der Waals surface area (Å²) in [6.07, 6.45) is 4.15. The standard InChI is InChI=1S/C12H20N2O2.C2H6/c1-13-7-8-14(11(9-13)3-4-11)10(15)12(16-2)5-6-12;1-2/h3-9H2,1-2H3;1-2H3. The third-order valence-corrected chi connectivity index (χ3v) is 4.40. The molecule has 4 heteroatoms. The summed E-state index contributed by atoms with van der Waals surface area (Å²) >= 11 is 0. The minimum atomic E-state index is -0.439. The number of piperazine rings is 1. The van der Waals surface area contributed by atoms with Gasteiger partial charge >= 0.3 is 0 Å². The van der Waals surface area contributed by atoms with Gasteiger partial charge in [-0.2, -0.15) is 0 Å². The predicted molar refractivity (Wildman–Crippen MR) is 71.5 cm³/mol. The molecule has 3 fully saturated rings. The summed E-state index contributed by atoms with van der Waals surface area (Å²) in [5.41, 5.74) is -0.274. The first-order chi connectivity index (χ1) is 8.62. The van der Waals surface area contributed by atoms with Crippen molar-refractivity contribution in [3.8, 4) is 0 Å².